The standard InChI is InChI=1S/C11H20N4O/c1-3-4-14-11(16)9(2)15-6-5-13-8-10(15)7-12/h9-10,13H,3-6,8H2,1-2H3,(H,14,16). The molecule has 0 radical (unpaired) electrons. The lowest BCUT2D eigenvalue weighted by Gasteiger charge is -2.35. The second-order valence-corrected chi connectivity index (χ2v) is 4.05. The van der Waals surface area contributed by atoms with Gasteiger partial charge in [0.05, 0.1) is 12.1 Å². The average molecular weight is 224 g/mol. The minimum Gasteiger partial charge on any atom is -0.355 e. The number of hydrogen-bond donors (Lipinski definition) is 2. The van der Waals surface area contributed by atoms with Crippen molar-refractivity contribution in [3.05, 3.63) is 0 Å². The van der Waals surface area contributed by atoms with Crippen molar-refractivity contribution in [2.24, 2.45) is 0 Å². The lowest BCUT2D eigenvalue weighted by atomic mass is 10.1. The molecule has 0 aliphatic carbocycles. The molecule has 0 saturated carbocycles. The highest BCUT2D eigenvalue weighted by molar-refractivity contribution is 5.81. The van der Waals surface area contributed by atoms with E-state index in [1.54, 1.807) is 0 Å². The Morgan fingerprint density at radius 2 is 2.50 bits per heavy atom. The zero-order chi connectivity index (χ0) is 12.0. The number of nitriles is 1. The summed E-state index contributed by atoms with van der Waals surface area (Å²) in [7, 11) is 0. The van der Waals surface area contributed by atoms with Crippen LogP contribution in [0.25, 0.3) is 0 Å². The molecule has 0 aromatic heterocycles. The van der Waals surface area contributed by atoms with E-state index in [0.29, 0.717) is 13.1 Å². The topological polar surface area (TPSA) is 68.2 Å². The van der Waals surface area contributed by atoms with Crippen molar-refractivity contribution in [3.8, 4) is 6.07 Å². The molecular formula is C11H20N4O. The van der Waals surface area contributed by atoms with E-state index in [-0.39, 0.29) is 18.0 Å². The predicted molar refractivity (Wildman–Crippen MR) is 61.7 cm³/mol. The van der Waals surface area contributed by atoms with Crippen LogP contribution in [0.5, 0.6) is 0 Å². The number of amides is 1. The van der Waals surface area contributed by atoms with Crippen LogP contribution in [0, 0.1) is 11.3 Å². The minimum atomic E-state index is -0.224. The number of piperazine rings is 1. The van der Waals surface area contributed by atoms with Gasteiger partial charge in [0, 0.05) is 26.2 Å². The Labute approximate surface area is 96.8 Å². The summed E-state index contributed by atoms with van der Waals surface area (Å²) in [6, 6.07) is 1.81. The van der Waals surface area contributed by atoms with Gasteiger partial charge in [0.1, 0.15) is 6.04 Å². The smallest absolute Gasteiger partial charge is 0.237 e. The lowest BCUT2D eigenvalue weighted by molar-refractivity contribution is -0.126. The van der Waals surface area contributed by atoms with E-state index in [0.717, 1.165) is 19.5 Å². The molecular weight excluding hydrogens is 204 g/mol. The maximum absolute atomic E-state index is 11.8. The predicted octanol–water partition coefficient (Wildman–Crippen LogP) is -0.302. The summed E-state index contributed by atoms with van der Waals surface area (Å²) in [5.41, 5.74) is 0. The van der Waals surface area contributed by atoms with E-state index in [1.807, 2.05) is 18.7 Å². The summed E-state index contributed by atoms with van der Waals surface area (Å²) in [6.07, 6.45) is 0.932. The summed E-state index contributed by atoms with van der Waals surface area (Å²) >= 11 is 0. The molecule has 5 heteroatoms. The maximum atomic E-state index is 11.8. The van der Waals surface area contributed by atoms with Crippen LogP contribution >= 0.6 is 0 Å². The molecule has 90 valence electrons. The highest BCUT2D eigenvalue weighted by Crippen LogP contribution is 2.08. The quantitative estimate of drug-likeness (QED) is 0.688. The molecule has 0 aromatic rings. The van der Waals surface area contributed by atoms with E-state index >= 15 is 0 Å². The van der Waals surface area contributed by atoms with Crippen LogP contribution in [-0.2, 0) is 4.79 Å². The molecule has 1 fully saturated rings. The van der Waals surface area contributed by atoms with Gasteiger partial charge in [-0.05, 0) is 13.3 Å². The first-order valence-corrected chi connectivity index (χ1v) is 5.84. The summed E-state index contributed by atoms with van der Waals surface area (Å²) in [5, 5.41) is 15.0. The molecule has 1 aliphatic heterocycles. The first-order valence-electron chi connectivity index (χ1n) is 5.84. The third-order valence-corrected chi connectivity index (χ3v) is 2.86. The zero-order valence-electron chi connectivity index (χ0n) is 9.99. The van der Waals surface area contributed by atoms with Crippen LogP contribution in [0.2, 0.25) is 0 Å². The number of nitrogens with zero attached hydrogens (tertiary/aromatic N) is 2. The van der Waals surface area contributed by atoms with Crippen LogP contribution in [0.15, 0.2) is 0 Å². The number of carbonyl (C=O) groups is 1. The van der Waals surface area contributed by atoms with Gasteiger partial charge in [0.2, 0.25) is 5.91 Å². The molecule has 5 nitrogen and oxygen atoms in total. The normalized spacial score (nSPS) is 23.4. The largest absolute Gasteiger partial charge is 0.355 e. The molecule has 1 rings (SSSR count). The van der Waals surface area contributed by atoms with Crippen LogP contribution in [0.1, 0.15) is 20.3 Å². The van der Waals surface area contributed by atoms with Gasteiger partial charge >= 0.3 is 0 Å². The molecule has 1 heterocycles. The van der Waals surface area contributed by atoms with Crippen LogP contribution in [0.4, 0.5) is 0 Å². The number of rotatable bonds is 4. The summed E-state index contributed by atoms with van der Waals surface area (Å²) < 4.78 is 0. The van der Waals surface area contributed by atoms with Crippen molar-refractivity contribution < 1.29 is 4.79 Å². The van der Waals surface area contributed by atoms with Gasteiger partial charge in [-0.3, -0.25) is 9.69 Å². The Morgan fingerprint density at radius 1 is 1.75 bits per heavy atom. The first-order chi connectivity index (χ1) is 7.70. The van der Waals surface area contributed by atoms with E-state index < -0.39 is 0 Å². The Kier molecular flexibility index (Phi) is 5.23. The van der Waals surface area contributed by atoms with Crippen molar-refractivity contribution in [2.45, 2.75) is 32.4 Å². The average Bonchev–Trinajstić information content (AvgIpc) is 2.34. The Morgan fingerprint density at radius 3 is 3.12 bits per heavy atom. The van der Waals surface area contributed by atoms with E-state index in [2.05, 4.69) is 16.7 Å². The molecule has 0 bridgehead atoms. The van der Waals surface area contributed by atoms with Gasteiger partial charge in [-0.15, -0.1) is 0 Å². The monoisotopic (exact) mass is 224 g/mol. The van der Waals surface area contributed by atoms with Crippen LogP contribution in [0.3, 0.4) is 0 Å². The van der Waals surface area contributed by atoms with Gasteiger partial charge in [-0.25, -0.2) is 0 Å². The Balaban J connectivity index is 2.53. The van der Waals surface area contributed by atoms with Crippen LogP contribution in [-0.4, -0.2) is 49.1 Å². The first kappa shape index (κ1) is 12.9. The number of nitrogens with one attached hydrogen (secondary N) is 2. The third-order valence-electron chi connectivity index (χ3n) is 2.86. The molecule has 16 heavy (non-hydrogen) atoms. The van der Waals surface area contributed by atoms with Gasteiger partial charge in [-0.1, -0.05) is 6.92 Å². The summed E-state index contributed by atoms with van der Waals surface area (Å²) in [6.45, 7) is 6.81. The molecule has 2 atom stereocenters. The van der Waals surface area contributed by atoms with Gasteiger partial charge < -0.3 is 10.6 Å². The van der Waals surface area contributed by atoms with Gasteiger partial charge in [-0.2, -0.15) is 5.26 Å². The zero-order valence-corrected chi connectivity index (χ0v) is 9.99. The molecule has 1 amide bonds. The fraction of sp³-hybridized carbons (Fsp3) is 0.818. The van der Waals surface area contributed by atoms with Crippen molar-refractivity contribution in [1.29, 1.82) is 5.26 Å². The summed E-state index contributed by atoms with van der Waals surface area (Å²) in [5.74, 6) is 0.0176. The molecule has 0 aromatic carbocycles. The fourth-order valence-electron chi connectivity index (χ4n) is 1.85. The SMILES string of the molecule is CCCNC(=O)C(C)N1CCNCC1C#N. The second kappa shape index (κ2) is 6.46. The van der Waals surface area contributed by atoms with Crippen LogP contribution < -0.4 is 10.6 Å². The van der Waals surface area contributed by atoms with E-state index in [4.69, 9.17) is 5.26 Å². The minimum absolute atomic E-state index is 0.0176. The van der Waals surface area contributed by atoms with Crippen molar-refractivity contribution in [3.63, 3.8) is 0 Å². The second-order valence-electron chi connectivity index (χ2n) is 4.05. The van der Waals surface area contributed by atoms with Crippen molar-refractivity contribution in [1.82, 2.24) is 15.5 Å². The molecule has 2 N–H and O–H groups in total. The summed E-state index contributed by atoms with van der Waals surface area (Å²) in [4.78, 5) is 13.7. The van der Waals surface area contributed by atoms with Gasteiger partial charge in [0.15, 0.2) is 0 Å². The molecule has 1 aliphatic rings. The Bertz CT molecular complexity index is 274. The maximum Gasteiger partial charge on any atom is 0.237 e. The Hall–Kier alpha value is -1.12. The third kappa shape index (κ3) is 3.19. The lowest BCUT2D eigenvalue weighted by Crippen LogP contribution is -2.57. The van der Waals surface area contributed by atoms with Crippen molar-refractivity contribution in [2.75, 3.05) is 26.2 Å². The van der Waals surface area contributed by atoms with Gasteiger partial charge in [0.25, 0.3) is 0 Å². The highest BCUT2D eigenvalue weighted by Gasteiger charge is 2.29. The van der Waals surface area contributed by atoms with Crippen molar-refractivity contribution >= 4 is 5.91 Å². The molecule has 2 unspecified atom stereocenters. The highest BCUT2D eigenvalue weighted by atomic mass is 16.2. The fourth-order valence-corrected chi connectivity index (χ4v) is 1.85. The number of carbonyl (C=O) groups excluding carboxylic acids is 1. The molecule has 0 spiro atoms. The van der Waals surface area contributed by atoms with E-state index in [9.17, 15) is 4.79 Å². The molecule has 1 saturated heterocycles. The van der Waals surface area contributed by atoms with E-state index in [1.165, 1.54) is 0 Å². The number of hydrogen-bond acceptors (Lipinski definition) is 4.